The van der Waals surface area contributed by atoms with E-state index in [-0.39, 0.29) is 5.91 Å². The smallest absolute Gasteiger partial charge is 0.223 e. The van der Waals surface area contributed by atoms with E-state index in [1.165, 1.54) is 0 Å². The van der Waals surface area contributed by atoms with Gasteiger partial charge in [0.2, 0.25) is 5.91 Å². The zero-order chi connectivity index (χ0) is 16.9. The lowest BCUT2D eigenvalue weighted by molar-refractivity contribution is -0.128. The van der Waals surface area contributed by atoms with Crippen LogP contribution in [0.3, 0.4) is 0 Å². The van der Waals surface area contributed by atoms with E-state index in [1.54, 1.807) is 19.0 Å². The van der Waals surface area contributed by atoms with E-state index in [1.807, 2.05) is 47.3 Å². The fourth-order valence-corrected chi connectivity index (χ4v) is 2.61. The Balaban J connectivity index is 1.96. The number of aromatic nitrogens is 2. The number of amides is 1. The van der Waals surface area contributed by atoms with Gasteiger partial charge in [0.05, 0.1) is 0 Å². The standard InChI is InChI=1S/C20H21N3O/c1-22(2)19(24)13-14-23-15-18(16-9-5-3-6-10-16)20(21-23)17-11-7-4-8-12-17/h3-12,15H,13-14H2,1-2H3. The van der Waals surface area contributed by atoms with Gasteiger partial charge >= 0.3 is 0 Å². The Hall–Kier alpha value is -2.88. The Morgan fingerprint density at radius 1 is 0.958 bits per heavy atom. The lowest BCUT2D eigenvalue weighted by Gasteiger charge is -2.09. The molecule has 0 fully saturated rings. The Morgan fingerprint density at radius 2 is 1.54 bits per heavy atom. The minimum atomic E-state index is 0.105. The molecule has 3 rings (SSSR count). The first-order valence-electron chi connectivity index (χ1n) is 8.03. The van der Waals surface area contributed by atoms with Crippen molar-refractivity contribution in [3.63, 3.8) is 0 Å². The van der Waals surface area contributed by atoms with Gasteiger partial charge in [-0.15, -0.1) is 0 Å². The number of aryl methyl sites for hydroxylation is 1. The fourth-order valence-electron chi connectivity index (χ4n) is 2.61. The maximum atomic E-state index is 11.8. The van der Waals surface area contributed by atoms with Crippen LogP contribution in [0.15, 0.2) is 66.9 Å². The minimum Gasteiger partial charge on any atom is -0.349 e. The van der Waals surface area contributed by atoms with Gasteiger partial charge in [0, 0.05) is 44.4 Å². The van der Waals surface area contributed by atoms with Gasteiger partial charge in [0.1, 0.15) is 5.69 Å². The maximum Gasteiger partial charge on any atom is 0.223 e. The normalized spacial score (nSPS) is 10.6. The van der Waals surface area contributed by atoms with Crippen LogP contribution >= 0.6 is 0 Å². The van der Waals surface area contributed by atoms with Crippen molar-refractivity contribution in [1.82, 2.24) is 14.7 Å². The maximum absolute atomic E-state index is 11.8. The molecular formula is C20H21N3O. The summed E-state index contributed by atoms with van der Waals surface area (Å²) in [4.78, 5) is 13.4. The van der Waals surface area contributed by atoms with Crippen LogP contribution in [-0.2, 0) is 11.3 Å². The molecule has 0 N–H and O–H groups in total. The van der Waals surface area contributed by atoms with Gasteiger partial charge in [-0.3, -0.25) is 9.48 Å². The highest BCUT2D eigenvalue weighted by Gasteiger charge is 2.13. The predicted molar refractivity (Wildman–Crippen MR) is 96.4 cm³/mol. The van der Waals surface area contributed by atoms with Crippen LogP contribution in [0.2, 0.25) is 0 Å². The molecule has 24 heavy (non-hydrogen) atoms. The Bertz CT molecular complexity index is 750. The molecule has 0 bridgehead atoms. The number of carbonyl (C=O) groups is 1. The van der Waals surface area contributed by atoms with Crippen molar-refractivity contribution < 1.29 is 4.79 Å². The van der Waals surface area contributed by atoms with E-state index in [9.17, 15) is 4.79 Å². The van der Waals surface area contributed by atoms with Crippen LogP contribution in [-0.4, -0.2) is 34.7 Å². The van der Waals surface area contributed by atoms with Crippen LogP contribution in [0.25, 0.3) is 22.4 Å². The van der Waals surface area contributed by atoms with Gasteiger partial charge in [0.25, 0.3) is 0 Å². The van der Waals surface area contributed by atoms with Crippen molar-refractivity contribution in [2.75, 3.05) is 14.1 Å². The first-order chi connectivity index (χ1) is 11.6. The molecule has 0 unspecified atom stereocenters. The van der Waals surface area contributed by atoms with Crippen LogP contribution in [0.5, 0.6) is 0 Å². The fraction of sp³-hybridized carbons (Fsp3) is 0.200. The summed E-state index contributed by atoms with van der Waals surface area (Å²) in [7, 11) is 3.55. The highest BCUT2D eigenvalue weighted by atomic mass is 16.2. The van der Waals surface area contributed by atoms with Gasteiger partial charge < -0.3 is 4.90 Å². The van der Waals surface area contributed by atoms with Crippen molar-refractivity contribution in [3.8, 4) is 22.4 Å². The van der Waals surface area contributed by atoms with Crippen molar-refractivity contribution in [3.05, 3.63) is 66.9 Å². The quantitative estimate of drug-likeness (QED) is 0.719. The zero-order valence-electron chi connectivity index (χ0n) is 14.0. The number of hydrogen-bond acceptors (Lipinski definition) is 2. The molecule has 0 saturated carbocycles. The Morgan fingerprint density at radius 3 is 2.12 bits per heavy atom. The number of rotatable bonds is 5. The van der Waals surface area contributed by atoms with Crippen LogP contribution < -0.4 is 0 Å². The van der Waals surface area contributed by atoms with Crippen molar-refractivity contribution in [1.29, 1.82) is 0 Å². The minimum absolute atomic E-state index is 0.105. The third kappa shape index (κ3) is 3.54. The number of carbonyl (C=O) groups excluding carboxylic acids is 1. The highest BCUT2D eigenvalue weighted by Crippen LogP contribution is 2.30. The third-order valence-corrected chi connectivity index (χ3v) is 3.95. The number of hydrogen-bond donors (Lipinski definition) is 0. The van der Waals surface area contributed by atoms with Crippen molar-refractivity contribution in [2.24, 2.45) is 0 Å². The van der Waals surface area contributed by atoms with E-state index in [4.69, 9.17) is 5.10 Å². The molecule has 0 saturated heterocycles. The van der Waals surface area contributed by atoms with Crippen molar-refractivity contribution >= 4 is 5.91 Å². The summed E-state index contributed by atoms with van der Waals surface area (Å²) >= 11 is 0. The van der Waals surface area contributed by atoms with E-state index < -0.39 is 0 Å². The summed E-state index contributed by atoms with van der Waals surface area (Å²) in [5.74, 6) is 0.105. The van der Waals surface area contributed by atoms with Crippen LogP contribution in [0.4, 0.5) is 0 Å². The monoisotopic (exact) mass is 319 g/mol. The highest BCUT2D eigenvalue weighted by molar-refractivity contribution is 5.80. The number of nitrogens with zero attached hydrogens (tertiary/aromatic N) is 3. The van der Waals surface area contributed by atoms with E-state index in [2.05, 4.69) is 24.3 Å². The summed E-state index contributed by atoms with van der Waals surface area (Å²) in [6.07, 6.45) is 2.47. The average Bonchev–Trinajstić information content (AvgIpc) is 3.05. The summed E-state index contributed by atoms with van der Waals surface area (Å²) in [5.41, 5.74) is 4.23. The molecule has 0 spiro atoms. The molecule has 0 aliphatic rings. The second kappa shape index (κ2) is 7.13. The SMILES string of the molecule is CN(C)C(=O)CCn1cc(-c2ccccc2)c(-c2ccccc2)n1. The third-order valence-electron chi connectivity index (χ3n) is 3.95. The van der Waals surface area contributed by atoms with E-state index in [0.29, 0.717) is 13.0 Å². The molecule has 4 heteroatoms. The summed E-state index contributed by atoms with van der Waals surface area (Å²) < 4.78 is 1.87. The molecule has 0 aliphatic heterocycles. The molecule has 4 nitrogen and oxygen atoms in total. The molecule has 0 radical (unpaired) electrons. The summed E-state index contributed by atoms with van der Waals surface area (Å²) in [6, 6.07) is 20.4. The molecule has 1 heterocycles. The Kier molecular flexibility index (Phi) is 4.75. The molecule has 3 aromatic rings. The predicted octanol–water partition coefficient (Wildman–Crippen LogP) is 3.70. The number of benzene rings is 2. The van der Waals surface area contributed by atoms with Gasteiger partial charge in [-0.05, 0) is 5.56 Å². The van der Waals surface area contributed by atoms with E-state index in [0.717, 1.165) is 22.4 Å². The first-order valence-corrected chi connectivity index (χ1v) is 8.03. The zero-order valence-corrected chi connectivity index (χ0v) is 14.0. The van der Waals surface area contributed by atoms with E-state index >= 15 is 0 Å². The summed E-state index contributed by atoms with van der Waals surface area (Å²) in [5, 5.41) is 4.73. The van der Waals surface area contributed by atoms with Gasteiger partial charge in [0.15, 0.2) is 0 Å². The van der Waals surface area contributed by atoms with Gasteiger partial charge in [-0.1, -0.05) is 60.7 Å². The lowest BCUT2D eigenvalue weighted by atomic mass is 10.0. The molecule has 2 aromatic carbocycles. The average molecular weight is 319 g/mol. The molecule has 0 atom stereocenters. The molecule has 1 aromatic heterocycles. The molecular weight excluding hydrogens is 298 g/mol. The van der Waals surface area contributed by atoms with Gasteiger partial charge in [-0.2, -0.15) is 5.10 Å². The van der Waals surface area contributed by atoms with Crippen molar-refractivity contribution in [2.45, 2.75) is 13.0 Å². The second-order valence-electron chi connectivity index (χ2n) is 5.92. The molecule has 0 aliphatic carbocycles. The Labute approximate surface area is 142 Å². The topological polar surface area (TPSA) is 38.1 Å². The second-order valence-corrected chi connectivity index (χ2v) is 5.92. The first kappa shape index (κ1) is 16.0. The van der Waals surface area contributed by atoms with Crippen LogP contribution in [0, 0.1) is 0 Å². The van der Waals surface area contributed by atoms with Crippen LogP contribution in [0.1, 0.15) is 6.42 Å². The summed E-state index contributed by atoms with van der Waals surface area (Å²) in [6.45, 7) is 0.573. The lowest BCUT2D eigenvalue weighted by Crippen LogP contribution is -2.22. The molecule has 122 valence electrons. The molecule has 1 amide bonds. The largest absolute Gasteiger partial charge is 0.349 e. The van der Waals surface area contributed by atoms with Gasteiger partial charge in [-0.25, -0.2) is 0 Å².